The summed E-state index contributed by atoms with van der Waals surface area (Å²) in [6, 6.07) is 0. The predicted octanol–water partition coefficient (Wildman–Crippen LogP) is 1.11. The predicted molar refractivity (Wildman–Crippen MR) is 109 cm³/mol. The number of piperazine rings is 1. The van der Waals surface area contributed by atoms with Gasteiger partial charge in [0.15, 0.2) is 22.5 Å². The zero-order chi connectivity index (χ0) is 22.8. The number of aromatic nitrogens is 4. The van der Waals surface area contributed by atoms with Gasteiger partial charge in [-0.3, -0.25) is 13.9 Å². The van der Waals surface area contributed by atoms with E-state index in [0.29, 0.717) is 17.5 Å². The van der Waals surface area contributed by atoms with Crippen molar-refractivity contribution < 1.29 is 22.7 Å². The van der Waals surface area contributed by atoms with Crippen LogP contribution in [0.15, 0.2) is 9.95 Å². The highest BCUT2D eigenvalue weighted by molar-refractivity contribution is 7.99. The van der Waals surface area contributed by atoms with E-state index in [1.165, 1.54) is 25.8 Å². The van der Waals surface area contributed by atoms with E-state index in [1.54, 1.807) is 14.0 Å². The minimum absolute atomic E-state index is 0.0349. The van der Waals surface area contributed by atoms with E-state index in [-0.39, 0.29) is 42.3 Å². The van der Waals surface area contributed by atoms with Crippen LogP contribution in [0.1, 0.15) is 13.8 Å². The largest absolute Gasteiger partial charge is 0.491 e. The van der Waals surface area contributed by atoms with Crippen LogP contribution < -0.4 is 15.8 Å². The van der Waals surface area contributed by atoms with Crippen LogP contribution in [0.2, 0.25) is 0 Å². The lowest BCUT2D eigenvalue weighted by Crippen LogP contribution is -2.55. The Kier molecular flexibility index (Phi) is 6.80. The molecule has 9 nitrogen and oxygen atoms in total. The van der Waals surface area contributed by atoms with Crippen molar-refractivity contribution in [3.05, 3.63) is 10.4 Å². The quantitative estimate of drug-likeness (QED) is 0.308. The van der Waals surface area contributed by atoms with E-state index >= 15 is 0 Å². The third kappa shape index (κ3) is 4.64. The van der Waals surface area contributed by atoms with Crippen LogP contribution in [0.25, 0.3) is 11.2 Å². The van der Waals surface area contributed by atoms with E-state index in [9.17, 15) is 22.8 Å². The van der Waals surface area contributed by atoms with Crippen molar-refractivity contribution in [3.8, 4) is 11.8 Å². The summed E-state index contributed by atoms with van der Waals surface area (Å²) in [5.74, 6) is 4.15. The molecule has 31 heavy (non-hydrogen) atoms. The van der Waals surface area contributed by atoms with Crippen molar-refractivity contribution in [1.29, 1.82) is 0 Å². The number of halogens is 3. The first-order valence-corrected chi connectivity index (χ1v) is 10.4. The van der Waals surface area contributed by atoms with Crippen LogP contribution in [-0.2, 0) is 23.1 Å². The van der Waals surface area contributed by atoms with E-state index in [0.717, 1.165) is 0 Å². The minimum atomic E-state index is -5.12. The molecule has 1 saturated heterocycles. The molecule has 2 aromatic heterocycles. The van der Waals surface area contributed by atoms with Gasteiger partial charge in [-0.25, -0.2) is 9.78 Å². The summed E-state index contributed by atoms with van der Waals surface area (Å²) in [4.78, 5) is 34.8. The van der Waals surface area contributed by atoms with Gasteiger partial charge in [-0.1, -0.05) is 24.6 Å². The lowest BCUT2D eigenvalue weighted by Gasteiger charge is -2.36. The Bertz CT molecular complexity index is 1100. The van der Waals surface area contributed by atoms with Crippen molar-refractivity contribution in [1.82, 2.24) is 24.4 Å². The molecule has 168 valence electrons. The molecule has 0 spiro atoms. The molecule has 0 radical (unpaired) electrons. The fourth-order valence-electron chi connectivity index (χ4n) is 3.12. The highest BCUT2D eigenvalue weighted by Crippen LogP contribution is 2.26. The number of anilines is 1. The summed E-state index contributed by atoms with van der Waals surface area (Å²) in [6.45, 7) is 4.21. The standard InChI is InChI=1S/C18H21F3N6O3S/c1-4-6-8-27-12-13(24-17(31-5-2)25(3)14(12)28)23-16(27)26-9-7-22-10-11(26)30-15(29)18(19,20)21/h11,22H,5,7-10H2,1-3H3. The Morgan fingerprint density at radius 1 is 1.39 bits per heavy atom. The van der Waals surface area contributed by atoms with Gasteiger partial charge in [0.25, 0.3) is 5.56 Å². The summed E-state index contributed by atoms with van der Waals surface area (Å²) in [5.41, 5.74) is -0.0110. The Hall–Kier alpha value is -2.72. The van der Waals surface area contributed by atoms with Crippen molar-refractivity contribution >= 4 is 34.8 Å². The van der Waals surface area contributed by atoms with Crippen molar-refractivity contribution in [2.75, 3.05) is 30.3 Å². The highest BCUT2D eigenvalue weighted by atomic mass is 32.2. The number of fused-ring (bicyclic) bond motifs is 1. The summed E-state index contributed by atoms with van der Waals surface area (Å²) in [7, 11) is 1.59. The van der Waals surface area contributed by atoms with Crippen molar-refractivity contribution in [3.63, 3.8) is 0 Å². The van der Waals surface area contributed by atoms with Gasteiger partial charge >= 0.3 is 12.1 Å². The Morgan fingerprint density at radius 3 is 2.77 bits per heavy atom. The molecule has 0 aromatic carbocycles. The number of imidazole rings is 1. The third-order valence-corrected chi connectivity index (χ3v) is 5.45. The van der Waals surface area contributed by atoms with Crippen LogP contribution in [0.3, 0.4) is 0 Å². The molecule has 2 aromatic rings. The number of nitrogens with zero attached hydrogens (tertiary/aromatic N) is 5. The monoisotopic (exact) mass is 458 g/mol. The Morgan fingerprint density at radius 2 is 2.13 bits per heavy atom. The summed E-state index contributed by atoms with van der Waals surface area (Å²) in [6.07, 6.45) is -6.39. The third-order valence-electron chi connectivity index (χ3n) is 4.54. The van der Waals surface area contributed by atoms with Gasteiger partial charge in [0, 0.05) is 20.1 Å². The van der Waals surface area contributed by atoms with Gasteiger partial charge in [-0.2, -0.15) is 18.2 Å². The molecular formula is C18H21F3N6O3S. The molecule has 1 N–H and O–H groups in total. The zero-order valence-corrected chi connectivity index (χ0v) is 17.9. The van der Waals surface area contributed by atoms with E-state index in [2.05, 4.69) is 27.1 Å². The first-order chi connectivity index (χ1) is 14.7. The molecule has 1 fully saturated rings. The van der Waals surface area contributed by atoms with Crippen LogP contribution in [0.4, 0.5) is 19.1 Å². The van der Waals surface area contributed by atoms with Gasteiger partial charge < -0.3 is 15.0 Å². The summed E-state index contributed by atoms with van der Waals surface area (Å²) < 4.78 is 45.9. The second kappa shape index (κ2) is 9.19. The number of rotatable bonds is 5. The number of hydrogen-bond donors (Lipinski definition) is 1. The Balaban J connectivity index is 2.14. The maximum atomic E-state index is 13.0. The molecule has 3 heterocycles. The molecule has 1 aliphatic rings. The molecule has 0 aliphatic carbocycles. The smallest absolute Gasteiger partial charge is 0.433 e. The first-order valence-electron chi connectivity index (χ1n) is 9.43. The van der Waals surface area contributed by atoms with Gasteiger partial charge in [0.1, 0.15) is 0 Å². The van der Waals surface area contributed by atoms with Crippen molar-refractivity contribution in [2.45, 2.75) is 38.0 Å². The summed E-state index contributed by atoms with van der Waals surface area (Å²) in [5, 5.41) is 3.37. The number of esters is 1. The van der Waals surface area contributed by atoms with Crippen molar-refractivity contribution in [2.24, 2.45) is 7.05 Å². The van der Waals surface area contributed by atoms with E-state index in [4.69, 9.17) is 4.74 Å². The average molecular weight is 458 g/mol. The van der Waals surface area contributed by atoms with Crippen LogP contribution in [0, 0.1) is 11.8 Å². The van der Waals surface area contributed by atoms with Crippen LogP contribution in [-0.4, -0.2) is 62.9 Å². The molecule has 0 amide bonds. The number of alkyl halides is 3. The topological polar surface area (TPSA) is 94.3 Å². The first kappa shape index (κ1) is 23.0. The fraction of sp³-hybridized carbons (Fsp3) is 0.556. The number of carbonyl (C=O) groups excluding carboxylic acids is 1. The number of hydrogen-bond acceptors (Lipinski definition) is 8. The highest BCUT2D eigenvalue weighted by Gasteiger charge is 2.44. The molecule has 13 heteroatoms. The minimum Gasteiger partial charge on any atom is -0.433 e. The molecule has 1 atom stereocenters. The van der Waals surface area contributed by atoms with E-state index in [1.807, 2.05) is 6.92 Å². The molecular weight excluding hydrogens is 437 g/mol. The van der Waals surface area contributed by atoms with Gasteiger partial charge in [-0.05, 0) is 12.7 Å². The number of ether oxygens (including phenoxy) is 1. The summed E-state index contributed by atoms with van der Waals surface area (Å²) >= 11 is 1.37. The number of thioether (sulfide) groups is 1. The normalized spacial score (nSPS) is 16.8. The van der Waals surface area contributed by atoms with Crippen LogP contribution >= 0.6 is 11.8 Å². The zero-order valence-electron chi connectivity index (χ0n) is 17.1. The van der Waals surface area contributed by atoms with Gasteiger partial charge in [0.05, 0.1) is 13.1 Å². The second-order valence-corrected chi connectivity index (χ2v) is 7.77. The van der Waals surface area contributed by atoms with Gasteiger partial charge in [0.2, 0.25) is 5.95 Å². The molecule has 0 bridgehead atoms. The van der Waals surface area contributed by atoms with Crippen LogP contribution in [0.5, 0.6) is 0 Å². The maximum Gasteiger partial charge on any atom is 0.491 e. The number of nitrogens with one attached hydrogen (secondary N) is 1. The molecule has 1 unspecified atom stereocenters. The lowest BCUT2D eigenvalue weighted by molar-refractivity contribution is -0.205. The molecule has 0 saturated carbocycles. The van der Waals surface area contributed by atoms with E-state index < -0.39 is 18.4 Å². The maximum absolute atomic E-state index is 13.0. The Labute approximate surface area is 180 Å². The molecule has 3 rings (SSSR count). The average Bonchev–Trinajstić information content (AvgIpc) is 3.08. The second-order valence-electron chi connectivity index (χ2n) is 6.54. The molecule has 1 aliphatic heterocycles. The number of carbonyl (C=O) groups is 1. The SMILES string of the molecule is CC#CCn1c(N2CCNCC2OC(=O)C(F)(F)F)nc2nc(SCC)n(C)c(=O)c21. The van der Waals surface area contributed by atoms with Gasteiger partial charge in [-0.15, -0.1) is 5.92 Å². The lowest BCUT2D eigenvalue weighted by atomic mass is 10.3. The fourth-order valence-corrected chi connectivity index (χ4v) is 3.80.